The smallest absolute Gasteiger partial charge is 0.322 e. The van der Waals surface area contributed by atoms with Gasteiger partial charge in [-0.15, -0.1) is 0 Å². The minimum atomic E-state index is -1.11. The molecule has 6 heteroatoms. The first-order valence-corrected chi connectivity index (χ1v) is 5.30. The fraction of sp³-hybridized carbons (Fsp3) is 0.167. The first-order valence-electron chi connectivity index (χ1n) is 5.30. The van der Waals surface area contributed by atoms with Crippen molar-refractivity contribution >= 4 is 22.8 Å². The number of fused-ring (bicyclic) bond motifs is 1. The molecule has 2 aromatic rings. The first-order chi connectivity index (χ1) is 8.49. The molecular weight excluding hydrogens is 236 g/mol. The van der Waals surface area contributed by atoms with Crippen molar-refractivity contribution in [3.63, 3.8) is 0 Å². The molecule has 0 saturated heterocycles. The number of carbonyl (C=O) groups excluding carboxylic acids is 1. The molecule has 0 bridgehead atoms. The number of aromatic nitrogens is 1. The van der Waals surface area contributed by atoms with Gasteiger partial charge in [-0.05, 0) is 25.1 Å². The van der Waals surface area contributed by atoms with Crippen LogP contribution < -0.4 is 5.32 Å². The maximum Gasteiger partial charge on any atom is 0.322 e. The van der Waals surface area contributed by atoms with E-state index in [2.05, 4.69) is 10.3 Å². The quantitative estimate of drug-likeness (QED) is 0.650. The van der Waals surface area contributed by atoms with E-state index < -0.39 is 18.4 Å². The van der Waals surface area contributed by atoms with Crippen molar-refractivity contribution in [3.05, 3.63) is 29.5 Å². The average molecular weight is 248 g/mol. The van der Waals surface area contributed by atoms with Gasteiger partial charge < -0.3 is 20.5 Å². The lowest BCUT2D eigenvalue weighted by molar-refractivity contribution is -0.135. The summed E-state index contributed by atoms with van der Waals surface area (Å²) in [7, 11) is 0. The molecule has 2 rings (SSSR count). The number of H-pyrrole nitrogens is 1. The Morgan fingerprint density at radius 1 is 1.39 bits per heavy atom. The van der Waals surface area contributed by atoms with Crippen LogP contribution in [0.15, 0.2) is 18.2 Å². The van der Waals surface area contributed by atoms with Crippen molar-refractivity contribution in [1.82, 2.24) is 10.3 Å². The number of aromatic hydroxyl groups is 1. The van der Waals surface area contributed by atoms with Crippen LogP contribution in [0, 0.1) is 6.92 Å². The van der Waals surface area contributed by atoms with Crippen LogP contribution in [-0.2, 0) is 4.79 Å². The summed E-state index contributed by atoms with van der Waals surface area (Å²) in [4.78, 5) is 25.3. The maximum absolute atomic E-state index is 11.9. The van der Waals surface area contributed by atoms with Crippen molar-refractivity contribution in [3.8, 4) is 5.75 Å². The van der Waals surface area contributed by atoms with E-state index in [0.29, 0.717) is 22.2 Å². The van der Waals surface area contributed by atoms with E-state index in [1.165, 1.54) is 12.1 Å². The predicted molar refractivity (Wildman–Crippen MR) is 64.7 cm³/mol. The first kappa shape index (κ1) is 12.0. The largest absolute Gasteiger partial charge is 0.508 e. The van der Waals surface area contributed by atoms with E-state index in [4.69, 9.17) is 5.11 Å². The van der Waals surface area contributed by atoms with Crippen molar-refractivity contribution in [2.75, 3.05) is 6.54 Å². The molecule has 0 aliphatic heterocycles. The molecule has 0 atom stereocenters. The van der Waals surface area contributed by atoms with Crippen molar-refractivity contribution in [2.24, 2.45) is 0 Å². The molecule has 0 fully saturated rings. The van der Waals surface area contributed by atoms with E-state index in [-0.39, 0.29) is 5.75 Å². The number of nitrogens with one attached hydrogen (secondary N) is 2. The van der Waals surface area contributed by atoms with Crippen LogP contribution in [0.1, 0.15) is 16.1 Å². The number of phenolic OH excluding ortho intramolecular Hbond substituents is 1. The summed E-state index contributed by atoms with van der Waals surface area (Å²) in [5, 5.41) is 20.8. The molecule has 94 valence electrons. The number of aromatic amines is 1. The van der Waals surface area contributed by atoms with Crippen LogP contribution in [0.5, 0.6) is 5.75 Å². The summed E-state index contributed by atoms with van der Waals surface area (Å²) in [6, 6.07) is 4.64. The van der Waals surface area contributed by atoms with Gasteiger partial charge in [0.1, 0.15) is 12.3 Å². The summed E-state index contributed by atoms with van der Waals surface area (Å²) < 4.78 is 0. The lowest BCUT2D eigenvalue weighted by Gasteiger charge is -2.02. The Balaban J connectivity index is 2.43. The van der Waals surface area contributed by atoms with Gasteiger partial charge >= 0.3 is 5.97 Å². The van der Waals surface area contributed by atoms with Gasteiger partial charge in [0.15, 0.2) is 0 Å². The highest BCUT2D eigenvalue weighted by atomic mass is 16.4. The van der Waals surface area contributed by atoms with Crippen molar-refractivity contribution < 1.29 is 19.8 Å². The highest BCUT2D eigenvalue weighted by Gasteiger charge is 2.16. The molecule has 0 unspecified atom stereocenters. The highest BCUT2D eigenvalue weighted by Crippen LogP contribution is 2.25. The van der Waals surface area contributed by atoms with Crippen LogP contribution in [-0.4, -0.2) is 33.6 Å². The van der Waals surface area contributed by atoms with E-state index in [1.807, 2.05) is 0 Å². The summed E-state index contributed by atoms with van der Waals surface area (Å²) in [5.74, 6) is -1.54. The summed E-state index contributed by atoms with van der Waals surface area (Å²) in [6.45, 7) is 1.27. The molecule has 1 amide bonds. The summed E-state index contributed by atoms with van der Waals surface area (Å²) in [5.41, 5.74) is 1.69. The number of aryl methyl sites for hydroxylation is 1. The lowest BCUT2D eigenvalue weighted by Crippen LogP contribution is -2.29. The highest BCUT2D eigenvalue weighted by molar-refractivity contribution is 6.09. The Hall–Kier alpha value is -2.50. The SMILES string of the molecule is Cc1[nH]c2ccc(O)cc2c1C(=O)NCC(=O)O. The molecule has 1 aromatic heterocycles. The summed E-state index contributed by atoms with van der Waals surface area (Å²) >= 11 is 0. The third-order valence-corrected chi connectivity index (χ3v) is 2.60. The summed E-state index contributed by atoms with van der Waals surface area (Å²) in [6.07, 6.45) is 0. The zero-order valence-electron chi connectivity index (χ0n) is 9.65. The Morgan fingerprint density at radius 2 is 2.11 bits per heavy atom. The molecule has 0 aliphatic rings. The number of phenols is 1. The van der Waals surface area contributed by atoms with E-state index in [0.717, 1.165) is 0 Å². The normalized spacial score (nSPS) is 10.5. The number of amides is 1. The van der Waals surface area contributed by atoms with Crippen molar-refractivity contribution in [2.45, 2.75) is 6.92 Å². The number of carboxylic acids is 1. The third kappa shape index (κ3) is 2.13. The molecule has 0 spiro atoms. The van der Waals surface area contributed by atoms with Crippen molar-refractivity contribution in [1.29, 1.82) is 0 Å². The minimum absolute atomic E-state index is 0.0498. The standard InChI is InChI=1S/C12H12N2O4/c1-6-11(12(18)13-5-10(16)17)8-4-7(15)2-3-9(8)14-6/h2-4,14-15H,5H2,1H3,(H,13,18)(H,16,17). The second-order valence-electron chi connectivity index (χ2n) is 3.93. The predicted octanol–water partition coefficient (Wildman–Crippen LogP) is 0.996. The van der Waals surface area contributed by atoms with Gasteiger partial charge in [-0.3, -0.25) is 9.59 Å². The molecule has 4 N–H and O–H groups in total. The average Bonchev–Trinajstić information content (AvgIpc) is 2.61. The molecule has 6 nitrogen and oxygen atoms in total. The van der Waals surface area contributed by atoms with Gasteiger partial charge in [0.2, 0.25) is 0 Å². The van der Waals surface area contributed by atoms with E-state index >= 15 is 0 Å². The number of benzene rings is 1. The molecule has 18 heavy (non-hydrogen) atoms. The van der Waals surface area contributed by atoms with Gasteiger partial charge in [-0.2, -0.15) is 0 Å². The van der Waals surface area contributed by atoms with Crippen LogP contribution in [0.25, 0.3) is 10.9 Å². The fourth-order valence-electron chi connectivity index (χ4n) is 1.85. The zero-order valence-corrected chi connectivity index (χ0v) is 9.65. The molecular formula is C12H12N2O4. The molecule has 1 aromatic carbocycles. The number of hydrogen-bond donors (Lipinski definition) is 4. The Labute approximate surface area is 102 Å². The Bertz CT molecular complexity index is 630. The molecule has 0 radical (unpaired) electrons. The fourth-order valence-corrected chi connectivity index (χ4v) is 1.85. The third-order valence-electron chi connectivity index (χ3n) is 2.60. The second-order valence-corrected chi connectivity index (χ2v) is 3.93. The number of carbonyl (C=O) groups is 2. The monoisotopic (exact) mass is 248 g/mol. The number of rotatable bonds is 3. The van der Waals surface area contributed by atoms with Crippen LogP contribution >= 0.6 is 0 Å². The van der Waals surface area contributed by atoms with Gasteiger partial charge in [0.25, 0.3) is 5.91 Å². The van der Waals surface area contributed by atoms with E-state index in [9.17, 15) is 14.7 Å². The van der Waals surface area contributed by atoms with Crippen LogP contribution in [0.3, 0.4) is 0 Å². The Kier molecular flexibility index (Phi) is 2.93. The molecule has 0 saturated carbocycles. The maximum atomic E-state index is 11.9. The van der Waals surface area contributed by atoms with E-state index in [1.54, 1.807) is 13.0 Å². The second kappa shape index (κ2) is 4.40. The van der Waals surface area contributed by atoms with Crippen LogP contribution in [0.4, 0.5) is 0 Å². The topological polar surface area (TPSA) is 102 Å². The Morgan fingerprint density at radius 3 is 2.78 bits per heavy atom. The zero-order chi connectivity index (χ0) is 13.3. The van der Waals surface area contributed by atoms with Gasteiger partial charge in [0.05, 0.1) is 5.56 Å². The van der Waals surface area contributed by atoms with Gasteiger partial charge in [0, 0.05) is 16.6 Å². The van der Waals surface area contributed by atoms with Gasteiger partial charge in [-0.1, -0.05) is 0 Å². The number of hydrogen-bond acceptors (Lipinski definition) is 3. The minimum Gasteiger partial charge on any atom is -0.508 e. The number of carboxylic acid groups (broad SMARTS) is 1. The van der Waals surface area contributed by atoms with Crippen LogP contribution in [0.2, 0.25) is 0 Å². The lowest BCUT2D eigenvalue weighted by atomic mass is 10.1. The number of aliphatic carboxylic acids is 1. The van der Waals surface area contributed by atoms with Gasteiger partial charge in [-0.25, -0.2) is 0 Å². The molecule has 0 aliphatic carbocycles. The molecule has 1 heterocycles.